The van der Waals surface area contributed by atoms with Gasteiger partial charge in [0.25, 0.3) is 10.0 Å². The van der Waals surface area contributed by atoms with Gasteiger partial charge in [-0.3, -0.25) is 9.52 Å². The van der Waals surface area contributed by atoms with Gasteiger partial charge in [0.15, 0.2) is 0 Å². The molecule has 0 aliphatic heterocycles. The molecule has 3 aromatic carbocycles. The smallest absolute Gasteiger partial charge is 0.261 e. The van der Waals surface area contributed by atoms with Gasteiger partial charge in [-0.15, -0.1) is 0 Å². The summed E-state index contributed by atoms with van der Waals surface area (Å²) in [6.07, 6.45) is 0.201. The van der Waals surface area contributed by atoms with Gasteiger partial charge in [-0.05, 0) is 53.4 Å². The van der Waals surface area contributed by atoms with Crippen LogP contribution in [0.5, 0.6) is 0 Å². The van der Waals surface area contributed by atoms with Crippen LogP contribution in [0.3, 0.4) is 0 Å². The van der Waals surface area contributed by atoms with Crippen LogP contribution in [-0.2, 0) is 21.2 Å². The lowest BCUT2D eigenvalue weighted by Gasteiger charge is -2.13. The lowest BCUT2D eigenvalue weighted by Crippen LogP contribution is -2.28. The fourth-order valence-corrected chi connectivity index (χ4v) is 3.99. The number of benzene rings is 3. The second-order valence-corrected chi connectivity index (χ2v) is 8.73. The Hall–Kier alpha value is -3.19. The van der Waals surface area contributed by atoms with Crippen LogP contribution in [0.1, 0.15) is 24.0 Å². The summed E-state index contributed by atoms with van der Waals surface area (Å²) in [6, 6.07) is 21.1. The van der Waals surface area contributed by atoms with E-state index in [2.05, 4.69) is 17.0 Å². The van der Waals surface area contributed by atoms with Crippen LogP contribution in [0.4, 0.5) is 10.1 Å². The SMILES string of the molecule is C[C@H](CNC(=O)Cc1ccc(NS(=O)(=O)c2ccc(F)cc2)cc1)c1ccccc1. The van der Waals surface area contributed by atoms with E-state index >= 15 is 0 Å². The average molecular weight is 427 g/mol. The molecule has 30 heavy (non-hydrogen) atoms. The van der Waals surface area contributed by atoms with Gasteiger partial charge in [0, 0.05) is 12.2 Å². The van der Waals surface area contributed by atoms with Gasteiger partial charge < -0.3 is 5.32 Å². The summed E-state index contributed by atoms with van der Waals surface area (Å²) in [5, 5.41) is 2.93. The minimum absolute atomic E-state index is 0.0279. The molecule has 0 aliphatic carbocycles. The molecule has 0 aromatic heterocycles. The van der Waals surface area contributed by atoms with Crippen molar-refractivity contribution in [1.29, 1.82) is 0 Å². The number of nitrogens with one attached hydrogen (secondary N) is 2. The number of rotatable bonds is 8. The lowest BCUT2D eigenvalue weighted by molar-refractivity contribution is -0.120. The summed E-state index contributed by atoms with van der Waals surface area (Å²) in [7, 11) is -3.81. The van der Waals surface area contributed by atoms with Gasteiger partial charge >= 0.3 is 0 Å². The van der Waals surface area contributed by atoms with Crippen LogP contribution in [-0.4, -0.2) is 20.9 Å². The fourth-order valence-electron chi connectivity index (χ4n) is 2.93. The molecular weight excluding hydrogens is 403 g/mol. The van der Waals surface area contributed by atoms with Gasteiger partial charge in [-0.2, -0.15) is 0 Å². The monoisotopic (exact) mass is 426 g/mol. The summed E-state index contributed by atoms with van der Waals surface area (Å²) < 4.78 is 40.1. The Morgan fingerprint density at radius 2 is 1.57 bits per heavy atom. The zero-order valence-electron chi connectivity index (χ0n) is 16.5. The van der Waals surface area contributed by atoms with Crippen molar-refractivity contribution in [3.8, 4) is 0 Å². The minimum atomic E-state index is -3.81. The number of hydrogen-bond acceptors (Lipinski definition) is 3. The highest BCUT2D eigenvalue weighted by Gasteiger charge is 2.14. The lowest BCUT2D eigenvalue weighted by atomic mass is 10.0. The Bertz CT molecular complexity index is 1080. The first-order chi connectivity index (χ1) is 14.3. The van der Waals surface area contributed by atoms with Crippen molar-refractivity contribution in [3.63, 3.8) is 0 Å². The van der Waals surface area contributed by atoms with Crippen LogP contribution < -0.4 is 10.0 Å². The molecule has 3 rings (SSSR count). The van der Waals surface area contributed by atoms with E-state index in [0.717, 1.165) is 23.3 Å². The highest BCUT2D eigenvalue weighted by atomic mass is 32.2. The largest absolute Gasteiger partial charge is 0.355 e. The highest BCUT2D eigenvalue weighted by molar-refractivity contribution is 7.92. The normalized spacial score (nSPS) is 12.2. The molecule has 1 amide bonds. The zero-order chi connectivity index (χ0) is 21.6. The fraction of sp³-hybridized carbons (Fsp3) is 0.174. The first-order valence-electron chi connectivity index (χ1n) is 9.52. The summed E-state index contributed by atoms with van der Waals surface area (Å²) in [5.41, 5.74) is 2.29. The third kappa shape index (κ3) is 5.90. The third-order valence-electron chi connectivity index (χ3n) is 4.67. The predicted molar refractivity (Wildman–Crippen MR) is 115 cm³/mol. The number of anilines is 1. The number of carbonyl (C=O) groups is 1. The maximum Gasteiger partial charge on any atom is 0.261 e. The van der Waals surface area contributed by atoms with Crippen molar-refractivity contribution < 1.29 is 17.6 Å². The molecule has 7 heteroatoms. The van der Waals surface area contributed by atoms with E-state index in [4.69, 9.17) is 0 Å². The Morgan fingerprint density at radius 1 is 0.933 bits per heavy atom. The number of halogens is 1. The first kappa shape index (κ1) is 21.5. The van der Waals surface area contributed by atoms with E-state index in [1.165, 1.54) is 12.1 Å². The zero-order valence-corrected chi connectivity index (χ0v) is 17.3. The maximum atomic E-state index is 13.0. The number of hydrogen-bond donors (Lipinski definition) is 2. The van der Waals surface area contributed by atoms with Crippen molar-refractivity contribution in [3.05, 3.63) is 95.8 Å². The van der Waals surface area contributed by atoms with E-state index in [1.807, 2.05) is 30.3 Å². The van der Waals surface area contributed by atoms with Crippen LogP contribution in [0.25, 0.3) is 0 Å². The third-order valence-corrected chi connectivity index (χ3v) is 6.07. The molecule has 0 heterocycles. The Kier molecular flexibility index (Phi) is 6.84. The minimum Gasteiger partial charge on any atom is -0.355 e. The van der Waals surface area contributed by atoms with Crippen molar-refractivity contribution >= 4 is 21.6 Å². The molecule has 0 radical (unpaired) electrons. The van der Waals surface area contributed by atoms with Crippen LogP contribution in [0, 0.1) is 5.82 Å². The molecule has 0 unspecified atom stereocenters. The van der Waals surface area contributed by atoms with E-state index in [9.17, 15) is 17.6 Å². The summed E-state index contributed by atoms with van der Waals surface area (Å²) in [6.45, 7) is 2.59. The summed E-state index contributed by atoms with van der Waals surface area (Å²) in [4.78, 5) is 12.2. The molecule has 0 bridgehead atoms. The number of carbonyl (C=O) groups excluding carboxylic acids is 1. The molecule has 1 atom stereocenters. The van der Waals surface area contributed by atoms with Gasteiger partial charge in [0.2, 0.25) is 5.91 Å². The standard InChI is InChI=1S/C23H23FN2O3S/c1-17(19-5-3-2-4-6-19)16-25-23(27)15-18-7-11-21(12-8-18)26-30(28,29)22-13-9-20(24)10-14-22/h2-14,17,26H,15-16H2,1H3,(H,25,27)/t17-/m1/s1. The summed E-state index contributed by atoms with van der Waals surface area (Å²) >= 11 is 0. The molecule has 0 saturated heterocycles. The molecule has 0 saturated carbocycles. The Morgan fingerprint density at radius 3 is 2.20 bits per heavy atom. The van der Waals surface area contributed by atoms with Crippen LogP contribution in [0.15, 0.2) is 83.8 Å². The average Bonchev–Trinajstić information content (AvgIpc) is 2.74. The molecule has 0 aliphatic rings. The van der Waals surface area contributed by atoms with E-state index in [1.54, 1.807) is 24.3 Å². The first-order valence-corrected chi connectivity index (χ1v) is 11.0. The van der Waals surface area contributed by atoms with E-state index in [-0.39, 0.29) is 23.1 Å². The van der Waals surface area contributed by atoms with Gasteiger partial charge in [0.05, 0.1) is 11.3 Å². The Balaban J connectivity index is 1.54. The second-order valence-electron chi connectivity index (χ2n) is 7.05. The van der Waals surface area contributed by atoms with Crippen LogP contribution in [0.2, 0.25) is 0 Å². The molecule has 156 valence electrons. The van der Waals surface area contributed by atoms with E-state index in [0.29, 0.717) is 12.2 Å². The Labute approximate surface area is 176 Å². The van der Waals surface area contributed by atoms with E-state index < -0.39 is 15.8 Å². The predicted octanol–water partition coefficient (Wildman–Crippen LogP) is 4.09. The van der Waals surface area contributed by atoms with Crippen molar-refractivity contribution in [2.24, 2.45) is 0 Å². The molecular formula is C23H23FN2O3S. The molecule has 0 fully saturated rings. The van der Waals surface area contributed by atoms with Crippen molar-refractivity contribution in [2.75, 3.05) is 11.3 Å². The summed E-state index contributed by atoms with van der Waals surface area (Å²) in [5.74, 6) is -0.398. The highest BCUT2D eigenvalue weighted by Crippen LogP contribution is 2.17. The number of sulfonamides is 1. The van der Waals surface area contributed by atoms with Crippen molar-refractivity contribution in [1.82, 2.24) is 5.32 Å². The van der Waals surface area contributed by atoms with Gasteiger partial charge in [0.1, 0.15) is 5.82 Å². The van der Waals surface area contributed by atoms with Gasteiger partial charge in [-0.1, -0.05) is 49.4 Å². The molecule has 5 nitrogen and oxygen atoms in total. The second kappa shape index (κ2) is 9.54. The number of amides is 1. The maximum absolute atomic E-state index is 13.0. The van der Waals surface area contributed by atoms with Crippen molar-refractivity contribution in [2.45, 2.75) is 24.2 Å². The quantitative estimate of drug-likeness (QED) is 0.570. The molecule has 0 spiro atoms. The molecule has 2 N–H and O–H groups in total. The van der Waals surface area contributed by atoms with Gasteiger partial charge in [-0.25, -0.2) is 12.8 Å². The molecule has 3 aromatic rings. The topological polar surface area (TPSA) is 75.3 Å². The van der Waals surface area contributed by atoms with Crippen LogP contribution >= 0.6 is 0 Å².